The van der Waals surface area contributed by atoms with E-state index in [-0.39, 0.29) is 0 Å². The molecular formula is C16H14N2OS. The molecule has 0 aliphatic heterocycles. The van der Waals surface area contributed by atoms with Crippen LogP contribution in [0.4, 0.5) is 5.69 Å². The van der Waals surface area contributed by atoms with Crippen molar-refractivity contribution in [3.8, 4) is 5.75 Å². The maximum absolute atomic E-state index is 9.54. The monoisotopic (exact) mass is 282 g/mol. The van der Waals surface area contributed by atoms with E-state index < -0.39 is 0 Å². The van der Waals surface area contributed by atoms with Crippen LogP contribution < -0.4 is 5.32 Å². The lowest BCUT2D eigenvalue weighted by atomic mass is 10.1. The summed E-state index contributed by atoms with van der Waals surface area (Å²) in [6.45, 7) is 0. The third kappa shape index (κ3) is 1.93. The number of aromatic hydroxyl groups is 1. The van der Waals surface area contributed by atoms with Crippen molar-refractivity contribution < 1.29 is 5.11 Å². The molecule has 20 heavy (non-hydrogen) atoms. The standard InChI is InChI=1S/C16H14N2OS/c19-12-3-4-13-10(7-12)1-5-14(13)18-11-2-6-15-16(8-11)20-9-17-15/h2-4,6-9,14,18-19H,1,5H2. The van der Waals surface area contributed by atoms with Crippen LogP contribution >= 0.6 is 11.3 Å². The average Bonchev–Trinajstić information content (AvgIpc) is 3.05. The Hall–Kier alpha value is -2.07. The van der Waals surface area contributed by atoms with Crippen molar-refractivity contribution in [3.05, 3.63) is 53.0 Å². The first-order valence-corrected chi connectivity index (χ1v) is 7.59. The molecule has 1 aliphatic rings. The molecule has 3 nitrogen and oxygen atoms in total. The number of hydrogen-bond donors (Lipinski definition) is 2. The summed E-state index contributed by atoms with van der Waals surface area (Å²) >= 11 is 1.66. The number of phenolic OH excluding ortho intramolecular Hbond substituents is 1. The predicted octanol–water partition coefficient (Wildman–Crippen LogP) is 4.10. The van der Waals surface area contributed by atoms with E-state index in [4.69, 9.17) is 0 Å². The Morgan fingerprint density at radius 3 is 3.10 bits per heavy atom. The Morgan fingerprint density at radius 2 is 2.15 bits per heavy atom. The molecular weight excluding hydrogens is 268 g/mol. The van der Waals surface area contributed by atoms with Gasteiger partial charge in [0.15, 0.2) is 0 Å². The number of nitrogens with zero attached hydrogens (tertiary/aromatic N) is 1. The maximum Gasteiger partial charge on any atom is 0.115 e. The second-order valence-electron chi connectivity index (χ2n) is 5.15. The number of benzene rings is 2. The van der Waals surface area contributed by atoms with Crippen LogP contribution in [-0.2, 0) is 6.42 Å². The smallest absolute Gasteiger partial charge is 0.115 e. The fourth-order valence-electron chi connectivity index (χ4n) is 2.90. The first-order valence-electron chi connectivity index (χ1n) is 6.71. The summed E-state index contributed by atoms with van der Waals surface area (Å²) in [6, 6.07) is 12.3. The van der Waals surface area contributed by atoms with E-state index in [1.807, 2.05) is 17.6 Å². The Balaban J connectivity index is 1.64. The molecule has 4 heteroatoms. The first-order chi connectivity index (χ1) is 9.79. The van der Waals surface area contributed by atoms with Crippen LogP contribution in [0.3, 0.4) is 0 Å². The van der Waals surface area contributed by atoms with Gasteiger partial charge in [-0.2, -0.15) is 0 Å². The fraction of sp³-hybridized carbons (Fsp3) is 0.188. The number of aryl methyl sites for hydroxylation is 1. The summed E-state index contributed by atoms with van der Waals surface area (Å²) in [7, 11) is 0. The molecule has 0 saturated heterocycles. The minimum Gasteiger partial charge on any atom is -0.508 e. The van der Waals surface area contributed by atoms with E-state index >= 15 is 0 Å². The Morgan fingerprint density at radius 1 is 1.20 bits per heavy atom. The lowest BCUT2D eigenvalue weighted by Gasteiger charge is -2.15. The molecule has 1 unspecified atom stereocenters. The van der Waals surface area contributed by atoms with E-state index in [0.717, 1.165) is 24.0 Å². The quantitative estimate of drug-likeness (QED) is 0.743. The molecule has 1 heterocycles. The van der Waals surface area contributed by atoms with Crippen LogP contribution in [0.2, 0.25) is 0 Å². The lowest BCUT2D eigenvalue weighted by Crippen LogP contribution is -2.06. The molecule has 2 aromatic carbocycles. The van der Waals surface area contributed by atoms with Crippen molar-refractivity contribution in [2.75, 3.05) is 5.32 Å². The molecule has 0 radical (unpaired) electrons. The first kappa shape index (κ1) is 11.7. The number of anilines is 1. The highest BCUT2D eigenvalue weighted by Gasteiger charge is 2.22. The van der Waals surface area contributed by atoms with E-state index in [9.17, 15) is 5.11 Å². The van der Waals surface area contributed by atoms with Crippen molar-refractivity contribution >= 4 is 27.2 Å². The van der Waals surface area contributed by atoms with Gasteiger partial charge in [0, 0.05) is 5.69 Å². The summed E-state index contributed by atoms with van der Waals surface area (Å²) in [5.74, 6) is 0.357. The van der Waals surface area contributed by atoms with Gasteiger partial charge in [0.25, 0.3) is 0 Å². The number of aromatic nitrogens is 1. The second-order valence-corrected chi connectivity index (χ2v) is 6.04. The second kappa shape index (κ2) is 4.49. The Kier molecular flexibility index (Phi) is 2.63. The van der Waals surface area contributed by atoms with Crippen LogP contribution in [0.15, 0.2) is 41.9 Å². The topological polar surface area (TPSA) is 45.1 Å². The highest BCUT2D eigenvalue weighted by atomic mass is 32.1. The normalized spacial score (nSPS) is 17.3. The van der Waals surface area contributed by atoms with Gasteiger partial charge >= 0.3 is 0 Å². The third-order valence-electron chi connectivity index (χ3n) is 3.88. The van der Waals surface area contributed by atoms with Gasteiger partial charge in [-0.25, -0.2) is 4.98 Å². The summed E-state index contributed by atoms with van der Waals surface area (Å²) in [4.78, 5) is 4.30. The van der Waals surface area contributed by atoms with Gasteiger partial charge < -0.3 is 10.4 Å². The van der Waals surface area contributed by atoms with Gasteiger partial charge in [-0.1, -0.05) is 6.07 Å². The summed E-state index contributed by atoms with van der Waals surface area (Å²) in [6.07, 6.45) is 2.09. The highest BCUT2D eigenvalue weighted by Crippen LogP contribution is 2.36. The minimum absolute atomic E-state index is 0.330. The average molecular weight is 282 g/mol. The maximum atomic E-state index is 9.54. The molecule has 0 bridgehead atoms. The van der Waals surface area contributed by atoms with Crippen LogP contribution in [0.1, 0.15) is 23.6 Å². The molecule has 0 fully saturated rings. The molecule has 4 rings (SSSR count). The zero-order valence-electron chi connectivity index (χ0n) is 10.8. The van der Waals surface area contributed by atoms with E-state index in [2.05, 4.69) is 28.5 Å². The molecule has 1 atom stereocenters. The molecule has 0 saturated carbocycles. The van der Waals surface area contributed by atoms with Crippen molar-refractivity contribution in [1.82, 2.24) is 4.98 Å². The van der Waals surface area contributed by atoms with Crippen molar-refractivity contribution in [2.24, 2.45) is 0 Å². The minimum atomic E-state index is 0.330. The summed E-state index contributed by atoms with van der Waals surface area (Å²) in [5, 5.41) is 13.1. The highest BCUT2D eigenvalue weighted by molar-refractivity contribution is 7.16. The van der Waals surface area contributed by atoms with Gasteiger partial charge in [-0.05, 0) is 54.3 Å². The van der Waals surface area contributed by atoms with E-state index in [1.54, 1.807) is 17.4 Å². The van der Waals surface area contributed by atoms with Gasteiger partial charge in [0.1, 0.15) is 5.75 Å². The molecule has 1 aliphatic carbocycles. The fourth-order valence-corrected chi connectivity index (χ4v) is 3.62. The molecule has 0 spiro atoms. The third-order valence-corrected chi connectivity index (χ3v) is 4.67. The molecule has 0 amide bonds. The molecule has 100 valence electrons. The van der Waals surface area contributed by atoms with E-state index in [0.29, 0.717) is 11.8 Å². The number of rotatable bonds is 2. The van der Waals surface area contributed by atoms with Gasteiger partial charge in [0.2, 0.25) is 0 Å². The number of hydrogen-bond acceptors (Lipinski definition) is 4. The van der Waals surface area contributed by atoms with Gasteiger partial charge in [0.05, 0.1) is 21.8 Å². The predicted molar refractivity (Wildman–Crippen MR) is 82.4 cm³/mol. The number of phenols is 1. The van der Waals surface area contributed by atoms with Crippen molar-refractivity contribution in [1.29, 1.82) is 0 Å². The zero-order valence-corrected chi connectivity index (χ0v) is 11.7. The van der Waals surface area contributed by atoms with Gasteiger partial charge in [-0.3, -0.25) is 0 Å². The van der Waals surface area contributed by atoms with Crippen molar-refractivity contribution in [2.45, 2.75) is 18.9 Å². The largest absolute Gasteiger partial charge is 0.508 e. The number of nitrogens with one attached hydrogen (secondary N) is 1. The number of thiazole rings is 1. The van der Waals surface area contributed by atoms with Crippen LogP contribution in [0, 0.1) is 0 Å². The SMILES string of the molecule is Oc1ccc2c(c1)CCC2Nc1ccc2ncsc2c1. The van der Waals surface area contributed by atoms with Crippen molar-refractivity contribution in [3.63, 3.8) is 0 Å². The van der Waals surface area contributed by atoms with Gasteiger partial charge in [-0.15, -0.1) is 11.3 Å². The summed E-state index contributed by atoms with van der Waals surface area (Å²) < 4.78 is 1.21. The molecule has 3 aromatic rings. The van der Waals surface area contributed by atoms with E-state index in [1.165, 1.54) is 15.8 Å². The van der Waals surface area contributed by atoms with Crippen LogP contribution in [0.5, 0.6) is 5.75 Å². The Bertz CT molecular complexity index is 781. The Labute approximate surface area is 120 Å². The summed E-state index contributed by atoms with van der Waals surface area (Å²) in [5.41, 5.74) is 6.61. The number of fused-ring (bicyclic) bond motifs is 2. The van der Waals surface area contributed by atoms with Crippen LogP contribution in [0.25, 0.3) is 10.2 Å². The lowest BCUT2D eigenvalue weighted by molar-refractivity contribution is 0.474. The van der Waals surface area contributed by atoms with Crippen LogP contribution in [-0.4, -0.2) is 10.1 Å². The zero-order chi connectivity index (χ0) is 13.5. The molecule has 1 aromatic heterocycles. The molecule has 2 N–H and O–H groups in total.